The number of piperazine rings is 1. The quantitative estimate of drug-likeness (QED) is 0.888. The molecule has 1 aromatic carbocycles. The van der Waals surface area contributed by atoms with Crippen LogP contribution in [0.4, 0.5) is 0 Å². The maximum atomic E-state index is 13.0. The molecule has 6 heteroatoms. The van der Waals surface area contributed by atoms with Crippen LogP contribution in [0.5, 0.6) is 0 Å². The first kappa shape index (κ1) is 18.6. The minimum Gasteiger partial charge on any atom is -0.394 e. The lowest BCUT2D eigenvalue weighted by Crippen LogP contribution is -2.56. The van der Waals surface area contributed by atoms with Crippen LogP contribution in [0, 0.1) is 0 Å². The van der Waals surface area contributed by atoms with Gasteiger partial charge in [0.2, 0.25) is 0 Å². The van der Waals surface area contributed by atoms with Crippen molar-refractivity contribution in [3.05, 3.63) is 53.3 Å². The summed E-state index contributed by atoms with van der Waals surface area (Å²) in [6.07, 6.45) is 0. The van der Waals surface area contributed by atoms with Crippen molar-refractivity contribution in [2.45, 2.75) is 32.4 Å². The van der Waals surface area contributed by atoms with Gasteiger partial charge in [-0.3, -0.25) is 14.4 Å². The number of aryl methyl sites for hydroxylation is 1. The lowest BCUT2D eigenvalue weighted by atomic mass is 10.1. The van der Waals surface area contributed by atoms with Crippen LogP contribution in [0.3, 0.4) is 0 Å². The van der Waals surface area contributed by atoms with Crippen molar-refractivity contribution in [2.24, 2.45) is 7.05 Å². The summed E-state index contributed by atoms with van der Waals surface area (Å²) in [5, 5.41) is 14.3. The normalized spacial score (nSPS) is 18.5. The Hall–Kier alpha value is -2.18. The van der Waals surface area contributed by atoms with Crippen LogP contribution >= 0.6 is 0 Å². The number of benzene rings is 1. The number of aliphatic hydroxyl groups excluding tert-OH is 1. The van der Waals surface area contributed by atoms with E-state index in [1.165, 1.54) is 5.56 Å². The predicted octanol–water partition coefficient (Wildman–Crippen LogP) is 1.86. The standard InChI is InChI=1S/C20H28N4O2/c1-15(2)18-11-19(22(3)21-18)20(26)24-10-9-23(13-17(24)14-25)12-16-7-5-4-6-8-16/h4-8,11,15,17,25H,9-10,12-14H2,1-3H3. The van der Waals surface area contributed by atoms with Gasteiger partial charge >= 0.3 is 0 Å². The van der Waals surface area contributed by atoms with Crippen molar-refractivity contribution < 1.29 is 9.90 Å². The largest absolute Gasteiger partial charge is 0.394 e. The maximum Gasteiger partial charge on any atom is 0.272 e. The van der Waals surface area contributed by atoms with Crippen LogP contribution in [0.25, 0.3) is 0 Å². The van der Waals surface area contributed by atoms with Gasteiger partial charge < -0.3 is 10.0 Å². The molecule has 2 heterocycles. The number of hydrogen-bond donors (Lipinski definition) is 1. The molecule has 1 unspecified atom stereocenters. The van der Waals surface area contributed by atoms with E-state index in [-0.39, 0.29) is 24.5 Å². The highest BCUT2D eigenvalue weighted by molar-refractivity contribution is 5.93. The van der Waals surface area contributed by atoms with Crippen LogP contribution in [0.2, 0.25) is 0 Å². The number of nitrogens with zero attached hydrogens (tertiary/aromatic N) is 4. The average Bonchev–Trinajstić information content (AvgIpc) is 3.04. The van der Waals surface area contributed by atoms with Crippen LogP contribution in [-0.2, 0) is 13.6 Å². The highest BCUT2D eigenvalue weighted by Gasteiger charge is 2.32. The third-order valence-corrected chi connectivity index (χ3v) is 5.00. The highest BCUT2D eigenvalue weighted by atomic mass is 16.3. The lowest BCUT2D eigenvalue weighted by Gasteiger charge is -2.40. The molecule has 3 rings (SSSR count). The number of aromatic nitrogens is 2. The molecule has 0 radical (unpaired) electrons. The third kappa shape index (κ3) is 3.97. The zero-order chi connectivity index (χ0) is 18.7. The zero-order valence-electron chi connectivity index (χ0n) is 15.8. The molecule has 1 aliphatic rings. The number of amides is 1. The van der Waals surface area contributed by atoms with Gasteiger partial charge in [-0.15, -0.1) is 0 Å². The molecule has 0 spiro atoms. The summed E-state index contributed by atoms with van der Waals surface area (Å²) >= 11 is 0. The molecule has 0 aliphatic carbocycles. The van der Waals surface area contributed by atoms with Crippen molar-refractivity contribution in [3.8, 4) is 0 Å². The van der Waals surface area contributed by atoms with E-state index in [0.717, 1.165) is 18.8 Å². The summed E-state index contributed by atoms with van der Waals surface area (Å²) in [6.45, 7) is 7.01. The van der Waals surface area contributed by atoms with E-state index in [2.05, 4.69) is 36.0 Å². The summed E-state index contributed by atoms with van der Waals surface area (Å²) in [6, 6.07) is 12.0. The molecular formula is C20H28N4O2. The van der Waals surface area contributed by atoms with Crippen molar-refractivity contribution in [3.63, 3.8) is 0 Å². The summed E-state index contributed by atoms with van der Waals surface area (Å²) in [5.74, 6) is 0.226. The Morgan fingerprint density at radius 2 is 2.00 bits per heavy atom. The Kier molecular flexibility index (Phi) is 5.74. The van der Waals surface area contributed by atoms with Crippen LogP contribution in [0.1, 0.15) is 41.5 Å². The van der Waals surface area contributed by atoms with Crippen LogP contribution < -0.4 is 0 Å². The molecule has 1 N–H and O–H groups in total. The molecule has 2 aromatic rings. The number of carbonyl (C=O) groups excluding carboxylic acids is 1. The molecule has 1 aromatic heterocycles. The molecule has 1 aliphatic heterocycles. The second-order valence-electron chi connectivity index (χ2n) is 7.29. The Morgan fingerprint density at radius 1 is 1.27 bits per heavy atom. The molecule has 26 heavy (non-hydrogen) atoms. The van der Waals surface area contributed by atoms with E-state index in [9.17, 15) is 9.90 Å². The Bertz CT molecular complexity index is 742. The second kappa shape index (κ2) is 8.01. The van der Waals surface area contributed by atoms with Gasteiger partial charge in [-0.1, -0.05) is 44.2 Å². The fourth-order valence-corrected chi connectivity index (χ4v) is 3.45. The van der Waals surface area contributed by atoms with E-state index in [4.69, 9.17) is 0 Å². The number of carbonyl (C=O) groups is 1. The highest BCUT2D eigenvalue weighted by Crippen LogP contribution is 2.19. The molecule has 6 nitrogen and oxygen atoms in total. The number of aliphatic hydroxyl groups is 1. The lowest BCUT2D eigenvalue weighted by molar-refractivity contribution is 0.0274. The molecule has 1 atom stereocenters. The predicted molar refractivity (Wildman–Crippen MR) is 101 cm³/mol. The molecule has 0 saturated carbocycles. The van der Waals surface area contributed by atoms with E-state index < -0.39 is 0 Å². The van der Waals surface area contributed by atoms with Gasteiger partial charge in [0.05, 0.1) is 18.3 Å². The summed E-state index contributed by atoms with van der Waals surface area (Å²) in [7, 11) is 1.80. The van der Waals surface area contributed by atoms with Crippen LogP contribution in [0.15, 0.2) is 36.4 Å². The van der Waals surface area contributed by atoms with Gasteiger partial charge in [-0.05, 0) is 17.5 Å². The van der Waals surface area contributed by atoms with E-state index in [1.54, 1.807) is 16.6 Å². The van der Waals surface area contributed by atoms with Gasteiger partial charge in [-0.2, -0.15) is 5.10 Å². The topological polar surface area (TPSA) is 61.6 Å². The molecule has 140 valence electrons. The monoisotopic (exact) mass is 356 g/mol. The van der Waals surface area contributed by atoms with Gasteiger partial charge in [0.1, 0.15) is 5.69 Å². The molecule has 1 fully saturated rings. The van der Waals surface area contributed by atoms with Crippen molar-refractivity contribution in [1.29, 1.82) is 0 Å². The molecule has 1 saturated heterocycles. The van der Waals surface area contributed by atoms with Crippen molar-refractivity contribution in [1.82, 2.24) is 19.6 Å². The minimum atomic E-state index is -0.197. The number of hydrogen-bond acceptors (Lipinski definition) is 4. The Balaban J connectivity index is 1.70. The zero-order valence-corrected chi connectivity index (χ0v) is 15.8. The molecule has 1 amide bonds. The van der Waals surface area contributed by atoms with Gasteiger partial charge in [0.25, 0.3) is 5.91 Å². The average molecular weight is 356 g/mol. The maximum absolute atomic E-state index is 13.0. The first-order valence-corrected chi connectivity index (χ1v) is 9.21. The van der Waals surface area contributed by atoms with E-state index in [0.29, 0.717) is 18.8 Å². The molecular weight excluding hydrogens is 328 g/mol. The Morgan fingerprint density at radius 3 is 2.62 bits per heavy atom. The molecule has 0 bridgehead atoms. The van der Waals surface area contributed by atoms with E-state index >= 15 is 0 Å². The second-order valence-corrected chi connectivity index (χ2v) is 7.29. The first-order valence-electron chi connectivity index (χ1n) is 9.21. The van der Waals surface area contributed by atoms with Gasteiger partial charge in [0, 0.05) is 33.2 Å². The smallest absolute Gasteiger partial charge is 0.272 e. The summed E-state index contributed by atoms with van der Waals surface area (Å²) < 4.78 is 1.66. The first-order chi connectivity index (χ1) is 12.5. The third-order valence-electron chi connectivity index (χ3n) is 5.00. The fourth-order valence-electron chi connectivity index (χ4n) is 3.45. The minimum absolute atomic E-state index is 0.0358. The summed E-state index contributed by atoms with van der Waals surface area (Å²) in [4.78, 5) is 17.1. The number of rotatable bonds is 5. The van der Waals surface area contributed by atoms with Crippen molar-refractivity contribution >= 4 is 5.91 Å². The SMILES string of the molecule is CC(C)c1cc(C(=O)N2CCN(Cc3ccccc3)CC2CO)n(C)n1. The van der Waals surface area contributed by atoms with Gasteiger partial charge in [0.15, 0.2) is 0 Å². The fraction of sp³-hybridized carbons (Fsp3) is 0.500. The van der Waals surface area contributed by atoms with Crippen molar-refractivity contribution in [2.75, 3.05) is 26.2 Å². The van der Waals surface area contributed by atoms with Gasteiger partial charge in [-0.25, -0.2) is 0 Å². The van der Waals surface area contributed by atoms with Crippen LogP contribution in [-0.4, -0.2) is 62.9 Å². The Labute approximate surface area is 155 Å². The summed E-state index contributed by atoms with van der Waals surface area (Å²) in [5.41, 5.74) is 2.75. The van der Waals surface area contributed by atoms with E-state index in [1.807, 2.05) is 24.3 Å².